The smallest absolute Gasteiger partial charge is 0.269 e. The number of non-ortho nitro benzene ring substituents is 1. The van der Waals surface area contributed by atoms with E-state index in [1.807, 2.05) is 7.05 Å². The number of benzene rings is 1. The van der Waals surface area contributed by atoms with Gasteiger partial charge in [0.05, 0.1) is 4.92 Å². The Labute approximate surface area is 134 Å². The van der Waals surface area contributed by atoms with E-state index in [2.05, 4.69) is 5.32 Å². The molecule has 7 nitrogen and oxygen atoms in total. The lowest BCUT2D eigenvalue weighted by atomic mass is 9.98. The fourth-order valence-corrected chi connectivity index (χ4v) is 3.46. The minimum atomic E-state index is -0.464. The second-order valence-corrected chi connectivity index (χ2v) is 6.31. The molecule has 2 aliphatic heterocycles. The second kappa shape index (κ2) is 6.54. The maximum absolute atomic E-state index is 12.3. The highest BCUT2D eigenvalue weighted by Crippen LogP contribution is 2.29. The topological polar surface area (TPSA) is 84.7 Å². The van der Waals surface area contributed by atoms with Gasteiger partial charge in [-0.2, -0.15) is 0 Å². The molecule has 7 heteroatoms. The van der Waals surface area contributed by atoms with Gasteiger partial charge < -0.3 is 15.0 Å². The van der Waals surface area contributed by atoms with Crippen molar-refractivity contribution in [1.29, 1.82) is 0 Å². The molecule has 0 saturated carbocycles. The Kier molecular flexibility index (Phi) is 4.47. The quantitative estimate of drug-likeness (QED) is 0.660. The fraction of sp³-hybridized carbons (Fsp3) is 0.562. The zero-order valence-electron chi connectivity index (χ0n) is 13.1. The first-order chi connectivity index (χ1) is 11.0. The van der Waals surface area contributed by atoms with E-state index in [0.717, 1.165) is 12.8 Å². The van der Waals surface area contributed by atoms with Crippen LogP contribution in [0.2, 0.25) is 0 Å². The zero-order valence-corrected chi connectivity index (χ0v) is 13.1. The molecule has 1 N–H and O–H groups in total. The number of amides is 1. The molecule has 0 aromatic heterocycles. The SMILES string of the molecule is CN(C(=O)COc1ccc([N+](=O)[O-])cc1)C1CC2CCC(C1)N2. The molecule has 2 fully saturated rings. The van der Waals surface area contributed by atoms with Gasteiger partial charge >= 0.3 is 0 Å². The Balaban J connectivity index is 1.51. The fourth-order valence-electron chi connectivity index (χ4n) is 3.46. The summed E-state index contributed by atoms with van der Waals surface area (Å²) in [4.78, 5) is 24.2. The summed E-state index contributed by atoms with van der Waals surface area (Å²) in [5.41, 5.74) is 0.00553. The van der Waals surface area contributed by atoms with Gasteiger partial charge in [0.15, 0.2) is 6.61 Å². The molecule has 0 aliphatic carbocycles. The number of nitro benzene ring substituents is 1. The molecule has 1 aromatic rings. The maximum Gasteiger partial charge on any atom is 0.269 e. The first-order valence-corrected chi connectivity index (χ1v) is 7.92. The highest BCUT2D eigenvalue weighted by molar-refractivity contribution is 5.77. The number of hydrogen-bond donors (Lipinski definition) is 1. The summed E-state index contributed by atoms with van der Waals surface area (Å²) in [6.07, 6.45) is 4.39. The lowest BCUT2D eigenvalue weighted by molar-refractivity contribution is -0.384. The minimum Gasteiger partial charge on any atom is -0.484 e. The average Bonchev–Trinajstić information content (AvgIpc) is 2.90. The summed E-state index contributed by atoms with van der Waals surface area (Å²) < 4.78 is 5.45. The molecule has 2 saturated heterocycles. The van der Waals surface area contributed by atoms with Crippen molar-refractivity contribution in [2.75, 3.05) is 13.7 Å². The van der Waals surface area contributed by atoms with Crippen LogP contribution in [0.3, 0.4) is 0 Å². The summed E-state index contributed by atoms with van der Waals surface area (Å²) in [5.74, 6) is 0.400. The van der Waals surface area contributed by atoms with Gasteiger partial charge in [0.1, 0.15) is 5.75 Å². The number of likely N-dealkylation sites (N-methyl/N-ethyl adjacent to an activating group) is 1. The predicted octanol–water partition coefficient (Wildman–Crippen LogP) is 1.71. The molecular formula is C16H21N3O4. The second-order valence-electron chi connectivity index (χ2n) is 6.31. The summed E-state index contributed by atoms with van der Waals surface area (Å²) in [7, 11) is 1.83. The van der Waals surface area contributed by atoms with Crippen molar-refractivity contribution in [2.45, 2.75) is 43.8 Å². The van der Waals surface area contributed by atoms with Crippen LogP contribution in [0, 0.1) is 10.1 Å². The number of piperidine rings is 1. The Morgan fingerprint density at radius 2 is 1.91 bits per heavy atom. The van der Waals surface area contributed by atoms with Crippen molar-refractivity contribution in [1.82, 2.24) is 10.2 Å². The van der Waals surface area contributed by atoms with Gasteiger partial charge in [-0.15, -0.1) is 0 Å². The van der Waals surface area contributed by atoms with E-state index in [1.54, 1.807) is 4.90 Å². The first kappa shape index (κ1) is 15.7. The molecule has 2 bridgehead atoms. The third-order valence-electron chi connectivity index (χ3n) is 4.80. The van der Waals surface area contributed by atoms with E-state index in [1.165, 1.54) is 37.1 Å². The maximum atomic E-state index is 12.3. The Morgan fingerprint density at radius 3 is 2.48 bits per heavy atom. The monoisotopic (exact) mass is 319 g/mol. The van der Waals surface area contributed by atoms with Crippen LogP contribution in [0.5, 0.6) is 5.75 Å². The van der Waals surface area contributed by atoms with Crippen LogP contribution < -0.4 is 10.1 Å². The van der Waals surface area contributed by atoms with E-state index in [0.29, 0.717) is 17.8 Å². The van der Waals surface area contributed by atoms with Gasteiger partial charge in [0.25, 0.3) is 11.6 Å². The summed E-state index contributed by atoms with van der Waals surface area (Å²) in [6.45, 7) is -0.0480. The number of carbonyl (C=O) groups is 1. The Morgan fingerprint density at radius 1 is 1.30 bits per heavy atom. The largest absolute Gasteiger partial charge is 0.484 e. The Bertz CT molecular complexity index is 577. The van der Waals surface area contributed by atoms with Crippen molar-refractivity contribution >= 4 is 11.6 Å². The third kappa shape index (κ3) is 3.61. The summed E-state index contributed by atoms with van der Waals surface area (Å²) in [5, 5.41) is 14.2. The predicted molar refractivity (Wildman–Crippen MR) is 84.3 cm³/mol. The van der Waals surface area contributed by atoms with Crippen LogP contribution in [-0.4, -0.2) is 47.5 Å². The minimum absolute atomic E-state index is 0.00553. The van der Waals surface area contributed by atoms with Crippen molar-refractivity contribution in [3.05, 3.63) is 34.4 Å². The number of hydrogen-bond acceptors (Lipinski definition) is 5. The third-order valence-corrected chi connectivity index (χ3v) is 4.80. The summed E-state index contributed by atoms with van der Waals surface area (Å²) >= 11 is 0. The zero-order chi connectivity index (χ0) is 16.4. The van der Waals surface area contributed by atoms with Gasteiger partial charge in [0, 0.05) is 37.3 Å². The van der Waals surface area contributed by atoms with Crippen LogP contribution in [0.1, 0.15) is 25.7 Å². The normalized spacial score (nSPS) is 25.9. The van der Waals surface area contributed by atoms with Crippen molar-refractivity contribution in [2.24, 2.45) is 0 Å². The standard InChI is InChI=1S/C16H21N3O4/c1-18(14-8-11-2-3-12(9-14)17-11)16(20)10-23-15-6-4-13(5-7-15)19(21)22/h4-7,11-12,14,17H,2-3,8-10H2,1H3. The molecule has 1 amide bonds. The van der Waals surface area contributed by atoms with Crippen LogP contribution in [0.15, 0.2) is 24.3 Å². The number of nitro groups is 1. The van der Waals surface area contributed by atoms with Crippen molar-refractivity contribution < 1.29 is 14.5 Å². The van der Waals surface area contributed by atoms with E-state index < -0.39 is 4.92 Å². The van der Waals surface area contributed by atoms with Gasteiger partial charge in [-0.25, -0.2) is 0 Å². The lowest BCUT2D eigenvalue weighted by Gasteiger charge is -2.35. The van der Waals surface area contributed by atoms with E-state index in [-0.39, 0.29) is 24.2 Å². The number of nitrogens with one attached hydrogen (secondary N) is 1. The highest BCUT2D eigenvalue weighted by atomic mass is 16.6. The number of nitrogens with zero attached hydrogens (tertiary/aromatic N) is 2. The average molecular weight is 319 g/mol. The van der Waals surface area contributed by atoms with Crippen LogP contribution in [0.25, 0.3) is 0 Å². The van der Waals surface area contributed by atoms with Crippen LogP contribution in [0.4, 0.5) is 5.69 Å². The van der Waals surface area contributed by atoms with Gasteiger partial charge in [-0.05, 0) is 37.8 Å². The number of rotatable bonds is 5. The number of fused-ring (bicyclic) bond motifs is 2. The molecule has 1 aromatic carbocycles. The van der Waals surface area contributed by atoms with E-state index in [9.17, 15) is 14.9 Å². The Hall–Kier alpha value is -2.15. The van der Waals surface area contributed by atoms with Crippen molar-refractivity contribution in [3.63, 3.8) is 0 Å². The van der Waals surface area contributed by atoms with Crippen LogP contribution in [-0.2, 0) is 4.79 Å². The molecular weight excluding hydrogens is 298 g/mol. The van der Waals surface area contributed by atoms with Gasteiger partial charge in [-0.3, -0.25) is 14.9 Å². The highest BCUT2D eigenvalue weighted by Gasteiger charge is 2.36. The van der Waals surface area contributed by atoms with Crippen molar-refractivity contribution in [3.8, 4) is 5.75 Å². The molecule has 2 unspecified atom stereocenters. The molecule has 2 heterocycles. The molecule has 0 spiro atoms. The number of ether oxygens (including phenoxy) is 1. The molecule has 3 rings (SSSR count). The van der Waals surface area contributed by atoms with E-state index >= 15 is 0 Å². The van der Waals surface area contributed by atoms with Gasteiger partial charge in [-0.1, -0.05) is 0 Å². The van der Waals surface area contributed by atoms with E-state index in [4.69, 9.17) is 4.74 Å². The summed E-state index contributed by atoms with van der Waals surface area (Å²) in [6, 6.07) is 7.09. The molecule has 23 heavy (non-hydrogen) atoms. The van der Waals surface area contributed by atoms with Crippen LogP contribution >= 0.6 is 0 Å². The molecule has 2 aliphatic rings. The lowest BCUT2D eigenvalue weighted by Crippen LogP contribution is -2.49. The molecule has 0 radical (unpaired) electrons. The molecule has 124 valence electrons. The van der Waals surface area contributed by atoms with Gasteiger partial charge in [0.2, 0.25) is 0 Å². The molecule has 2 atom stereocenters. The first-order valence-electron chi connectivity index (χ1n) is 7.92. The number of carbonyl (C=O) groups excluding carboxylic acids is 1.